The van der Waals surface area contributed by atoms with Gasteiger partial charge < -0.3 is 23.9 Å². The second kappa shape index (κ2) is 12.9. The molecule has 2 N–H and O–H groups in total. The van der Waals surface area contributed by atoms with Crippen LogP contribution in [-0.4, -0.2) is 52.3 Å². The normalized spacial score (nSPS) is 11.5. The third kappa shape index (κ3) is 8.79. The van der Waals surface area contributed by atoms with E-state index in [4.69, 9.17) is 13.3 Å². The van der Waals surface area contributed by atoms with Gasteiger partial charge in [0.25, 0.3) is 0 Å². The number of urea groups is 1. The molecule has 0 atom stereocenters. The van der Waals surface area contributed by atoms with Crippen LogP contribution in [0.25, 0.3) is 0 Å². The molecule has 8 nitrogen and oxygen atoms in total. The van der Waals surface area contributed by atoms with Gasteiger partial charge in [-0.2, -0.15) is 0 Å². The Morgan fingerprint density at radius 1 is 1.04 bits per heavy atom. The monoisotopic (exact) mass is 387 g/mol. The van der Waals surface area contributed by atoms with Crippen LogP contribution in [0.15, 0.2) is 18.7 Å². The Kier molecular flexibility index (Phi) is 11.2. The zero-order valence-electron chi connectivity index (χ0n) is 16.6. The molecule has 1 aromatic heterocycles. The van der Waals surface area contributed by atoms with E-state index in [9.17, 15) is 4.79 Å². The van der Waals surface area contributed by atoms with Crippen molar-refractivity contribution in [3.63, 3.8) is 0 Å². The van der Waals surface area contributed by atoms with Crippen molar-refractivity contribution in [2.45, 2.75) is 46.2 Å². The second-order valence-corrected chi connectivity index (χ2v) is 8.67. The fraction of sp³-hybridized carbons (Fsp3) is 0.765. The smallest absolute Gasteiger partial charge is 0.374 e. The summed E-state index contributed by atoms with van der Waals surface area (Å²) in [7, 11) is -0.622. The standard InChI is InChI=1S/C17H34N4O4Si/c1-5-23-26(24-6-2,25-7-3)15-9-11-19-17(22)18-10-8-12-21-14-13-20(4)16-21/h13-14,16H,5-12,15H2,1-4H3,(H-,18,19,22)/p+1. The minimum absolute atomic E-state index is 0.139. The first-order chi connectivity index (χ1) is 12.5. The van der Waals surface area contributed by atoms with Gasteiger partial charge in [-0.3, -0.25) is 0 Å². The minimum atomic E-state index is -2.61. The minimum Gasteiger partial charge on any atom is -0.374 e. The summed E-state index contributed by atoms with van der Waals surface area (Å²) in [5, 5.41) is 5.76. The van der Waals surface area contributed by atoms with Crippen molar-refractivity contribution < 1.29 is 22.6 Å². The first kappa shape index (κ1) is 22.6. The maximum absolute atomic E-state index is 11.8. The highest BCUT2D eigenvalue weighted by Crippen LogP contribution is 2.17. The Hall–Kier alpha value is -1.42. The molecule has 0 spiro atoms. The molecule has 0 aliphatic carbocycles. The predicted octanol–water partition coefficient (Wildman–Crippen LogP) is 1.44. The van der Waals surface area contributed by atoms with E-state index in [-0.39, 0.29) is 6.03 Å². The van der Waals surface area contributed by atoms with E-state index < -0.39 is 8.80 Å². The molecule has 0 aliphatic heterocycles. The third-order valence-corrected chi connectivity index (χ3v) is 6.89. The van der Waals surface area contributed by atoms with Crippen molar-refractivity contribution >= 4 is 14.8 Å². The number of nitrogens with one attached hydrogen (secondary N) is 2. The highest BCUT2D eigenvalue weighted by Gasteiger charge is 2.39. The maximum atomic E-state index is 11.8. The van der Waals surface area contributed by atoms with Gasteiger partial charge in [-0.05, 0) is 27.2 Å². The summed E-state index contributed by atoms with van der Waals surface area (Å²) in [6.07, 6.45) is 7.68. The van der Waals surface area contributed by atoms with Crippen LogP contribution in [0.5, 0.6) is 0 Å². The molecule has 26 heavy (non-hydrogen) atoms. The van der Waals surface area contributed by atoms with E-state index in [1.807, 2.05) is 51.1 Å². The van der Waals surface area contributed by atoms with Gasteiger partial charge in [0.15, 0.2) is 0 Å². The molecule has 0 aromatic carbocycles. The fourth-order valence-corrected chi connectivity index (χ4v) is 5.28. The van der Waals surface area contributed by atoms with Gasteiger partial charge in [-0.15, -0.1) is 0 Å². The largest absolute Gasteiger partial charge is 0.500 e. The Balaban J connectivity index is 2.18. The van der Waals surface area contributed by atoms with Gasteiger partial charge in [0.1, 0.15) is 12.4 Å². The van der Waals surface area contributed by atoms with Crippen molar-refractivity contribution in [2.24, 2.45) is 7.05 Å². The summed E-state index contributed by atoms with van der Waals surface area (Å²) in [6, 6.07) is 0.563. The average molecular weight is 388 g/mol. The van der Waals surface area contributed by atoms with Gasteiger partial charge >= 0.3 is 14.8 Å². The van der Waals surface area contributed by atoms with Crippen LogP contribution in [0, 0.1) is 0 Å². The molecule has 0 saturated heterocycles. The fourth-order valence-electron chi connectivity index (χ4n) is 2.67. The first-order valence-electron chi connectivity index (χ1n) is 9.49. The first-order valence-corrected chi connectivity index (χ1v) is 11.4. The van der Waals surface area contributed by atoms with E-state index in [0.717, 1.165) is 19.4 Å². The number of hydrogen-bond acceptors (Lipinski definition) is 4. The summed E-state index contributed by atoms with van der Waals surface area (Å²) < 4.78 is 21.5. The molecular weight excluding hydrogens is 352 g/mol. The molecule has 0 saturated carbocycles. The van der Waals surface area contributed by atoms with Gasteiger partial charge in [0.2, 0.25) is 6.33 Å². The van der Waals surface area contributed by atoms with Gasteiger partial charge in [0.05, 0.1) is 13.6 Å². The maximum Gasteiger partial charge on any atom is 0.500 e. The number of nitrogens with zero attached hydrogens (tertiary/aromatic N) is 2. The summed E-state index contributed by atoms with van der Waals surface area (Å²) in [5.41, 5.74) is 0. The summed E-state index contributed by atoms with van der Waals surface area (Å²) in [4.78, 5) is 11.8. The van der Waals surface area contributed by atoms with Crippen molar-refractivity contribution in [3.8, 4) is 0 Å². The Morgan fingerprint density at radius 2 is 1.62 bits per heavy atom. The number of carbonyl (C=O) groups excluding carboxylic acids is 1. The number of carbonyl (C=O) groups is 1. The van der Waals surface area contributed by atoms with Crippen LogP contribution >= 0.6 is 0 Å². The van der Waals surface area contributed by atoms with Gasteiger partial charge in [-0.25, -0.2) is 13.9 Å². The predicted molar refractivity (Wildman–Crippen MR) is 102 cm³/mol. The number of imidazole rings is 1. The number of rotatable bonds is 14. The van der Waals surface area contributed by atoms with Crippen molar-refractivity contribution in [2.75, 3.05) is 32.9 Å². The quantitative estimate of drug-likeness (QED) is 0.288. The molecule has 0 fully saturated rings. The van der Waals surface area contributed by atoms with E-state index >= 15 is 0 Å². The molecule has 0 radical (unpaired) electrons. The van der Waals surface area contributed by atoms with E-state index in [1.54, 1.807) is 0 Å². The molecule has 0 bridgehead atoms. The lowest BCUT2D eigenvalue weighted by atomic mass is 10.4. The highest BCUT2D eigenvalue weighted by molar-refractivity contribution is 6.60. The van der Waals surface area contributed by atoms with Crippen LogP contribution in [0.1, 0.15) is 33.6 Å². The van der Waals surface area contributed by atoms with E-state index in [2.05, 4.69) is 15.2 Å². The number of hydrogen-bond donors (Lipinski definition) is 2. The molecule has 0 aliphatic rings. The van der Waals surface area contributed by atoms with E-state index in [0.29, 0.717) is 39.0 Å². The van der Waals surface area contributed by atoms with Crippen molar-refractivity contribution in [3.05, 3.63) is 18.7 Å². The Morgan fingerprint density at radius 3 is 2.12 bits per heavy atom. The lowest BCUT2D eigenvalue weighted by Crippen LogP contribution is -2.46. The van der Waals surface area contributed by atoms with Crippen LogP contribution in [0.2, 0.25) is 6.04 Å². The number of aryl methyl sites for hydroxylation is 2. The van der Waals surface area contributed by atoms with Crippen LogP contribution < -0.4 is 15.2 Å². The average Bonchev–Trinajstić information content (AvgIpc) is 3.02. The zero-order chi connectivity index (χ0) is 19.3. The Labute approximate surface area is 158 Å². The Bertz CT molecular complexity index is 496. The van der Waals surface area contributed by atoms with Crippen LogP contribution in [-0.2, 0) is 26.9 Å². The van der Waals surface area contributed by atoms with Crippen LogP contribution in [0.3, 0.4) is 0 Å². The van der Waals surface area contributed by atoms with Crippen molar-refractivity contribution in [1.29, 1.82) is 0 Å². The summed E-state index contributed by atoms with van der Waals surface area (Å²) in [5.74, 6) is 0. The van der Waals surface area contributed by atoms with Gasteiger partial charge in [0, 0.05) is 45.4 Å². The molecule has 1 heterocycles. The topological polar surface area (TPSA) is 77.6 Å². The lowest BCUT2D eigenvalue weighted by Gasteiger charge is -2.28. The molecule has 150 valence electrons. The molecular formula is C17H35N4O4Si+. The summed E-state index contributed by atoms with van der Waals surface area (Å²) >= 11 is 0. The summed E-state index contributed by atoms with van der Waals surface area (Å²) in [6.45, 7) is 9.63. The molecule has 1 rings (SSSR count). The molecule has 1 aromatic rings. The zero-order valence-corrected chi connectivity index (χ0v) is 17.6. The number of amides is 2. The van der Waals surface area contributed by atoms with Crippen molar-refractivity contribution in [1.82, 2.24) is 15.2 Å². The van der Waals surface area contributed by atoms with E-state index in [1.165, 1.54) is 0 Å². The SMILES string of the molecule is CCO[Si](CCCNC(=O)NCCCn1cc[n+](C)c1)(OCC)OCC. The van der Waals surface area contributed by atoms with Crippen LogP contribution in [0.4, 0.5) is 4.79 Å². The number of aromatic nitrogens is 2. The lowest BCUT2D eigenvalue weighted by molar-refractivity contribution is -0.671. The highest BCUT2D eigenvalue weighted by atomic mass is 28.4. The van der Waals surface area contributed by atoms with Gasteiger partial charge in [-0.1, -0.05) is 0 Å². The molecule has 9 heteroatoms. The molecule has 0 unspecified atom stereocenters. The second-order valence-electron chi connectivity index (χ2n) is 5.94. The molecule has 2 amide bonds. The third-order valence-electron chi connectivity index (χ3n) is 3.74.